The molecular weight excluding hydrogens is 344 g/mol. The number of hydrogen-bond donors (Lipinski definition) is 0. The zero-order valence-corrected chi connectivity index (χ0v) is 15.6. The zero-order valence-electron chi connectivity index (χ0n) is 14.8. The third kappa shape index (κ3) is 4.51. The van der Waals surface area contributed by atoms with E-state index in [-0.39, 0.29) is 43.1 Å². The molecule has 7 heteroatoms. The van der Waals surface area contributed by atoms with Crippen molar-refractivity contribution in [3.63, 3.8) is 0 Å². The van der Waals surface area contributed by atoms with E-state index < -0.39 is 11.5 Å². The molecule has 0 aromatic carbocycles. The number of nitrogens with zero attached hydrogens (tertiary/aromatic N) is 2. The van der Waals surface area contributed by atoms with E-state index in [4.69, 9.17) is 16.3 Å². The number of rotatable bonds is 10. The highest BCUT2D eigenvalue weighted by atomic mass is 35.5. The highest BCUT2D eigenvalue weighted by molar-refractivity contribution is 6.27. The molecule has 0 saturated heterocycles. The van der Waals surface area contributed by atoms with Gasteiger partial charge in [0.1, 0.15) is 17.1 Å². The zero-order chi connectivity index (χ0) is 19.0. The van der Waals surface area contributed by atoms with E-state index in [2.05, 4.69) is 13.2 Å². The number of halogens is 1. The molecule has 1 aliphatic rings. The van der Waals surface area contributed by atoms with Gasteiger partial charge in [0.2, 0.25) is 5.91 Å². The Balaban J connectivity index is 3.30. The standard InChI is InChI=1S/C18H25ClN2O4/c1-5-8-10-20-14(16(23)25-7-3)12-18(4,17(20)24)21(11-9-6-2)15(22)13-19/h5-6,12H,1-2,7-11,13H2,3-4H3. The van der Waals surface area contributed by atoms with E-state index >= 15 is 0 Å². The first-order valence-corrected chi connectivity index (χ1v) is 8.70. The maximum Gasteiger partial charge on any atom is 0.354 e. The molecule has 0 fully saturated rings. The Labute approximate surface area is 153 Å². The molecule has 0 bridgehead atoms. The van der Waals surface area contributed by atoms with E-state index in [0.29, 0.717) is 12.8 Å². The van der Waals surface area contributed by atoms with Crippen molar-refractivity contribution in [2.24, 2.45) is 0 Å². The Bertz CT molecular complexity index is 588. The fraction of sp³-hybridized carbons (Fsp3) is 0.500. The Morgan fingerprint density at radius 3 is 2.52 bits per heavy atom. The van der Waals surface area contributed by atoms with E-state index in [1.807, 2.05) is 0 Å². The van der Waals surface area contributed by atoms with Gasteiger partial charge in [-0.25, -0.2) is 4.79 Å². The quantitative estimate of drug-likeness (QED) is 0.337. The van der Waals surface area contributed by atoms with Gasteiger partial charge in [-0.3, -0.25) is 9.59 Å². The van der Waals surface area contributed by atoms with Crippen molar-refractivity contribution in [3.05, 3.63) is 37.1 Å². The molecule has 0 aliphatic carbocycles. The van der Waals surface area contributed by atoms with Crippen LogP contribution < -0.4 is 0 Å². The highest BCUT2D eigenvalue weighted by Crippen LogP contribution is 2.32. The van der Waals surface area contributed by atoms with Crippen molar-refractivity contribution in [2.75, 3.05) is 25.6 Å². The summed E-state index contributed by atoms with van der Waals surface area (Å²) in [7, 11) is 0. The summed E-state index contributed by atoms with van der Waals surface area (Å²) in [6.45, 7) is 11.3. The second kappa shape index (κ2) is 9.42. The number of amides is 2. The number of esters is 1. The Hall–Kier alpha value is -2.08. The minimum atomic E-state index is -1.29. The van der Waals surface area contributed by atoms with Gasteiger partial charge in [-0.1, -0.05) is 12.2 Å². The average molecular weight is 369 g/mol. The van der Waals surface area contributed by atoms with Crippen LogP contribution in [0.2, 0.25) is 0 Å². The molecule has 6 nitrogen and oxygen atoms in total. The smallest absolute Gasteiger partial charge is 0.354 e. The van der Waals surface area contributed by atoms with Crippen LogP contribution in [0.3, 0.4) is 0 Å². The first-order valence-electron chi connectivity index (χ1n) is 8.17. The summed E-state index contributed by atoms with van der Waals surface area (Å²) in [6.07, 6.45) is 5.81. The van der Waals surface area contributed by atoms with E-state index in [1.54, 1.807) is 26.0 Å². The molecule has 2 amide bonds. The summed E-state index contributed by atoms with van der Waals surface area (Å²) in [5, 5.41) is 0. The Kier molecular flexibility index (Phi) is 7.90. The first-order chi connectivity index (χ1) is 11.9. The molecule has 1 rings (SSSR count). The van der Waals surface area contributed by atoms with Crippen LogP contribution in [0, 0.1) is 0 Å². The van der Waals surface area contributed by atoms with Gasteiger partial charge in [-0.15, -0.1) is 24.8 Å². The van der Waals surface area contributed by atoms with Crippen molar-refractivity contribution >= 4 is 29.4 Å². The maximum absolute atomic E-state index is 13.0. The molecule has 1 unspecified atom stereocenters. The molecule has 1 heterocycles. The molecule has 25 heavy (non-hydrogen) atoms. The van der Waals surface area contributed by atoms with Crippen molar-refractivity contribution in [2.45, 2.75) is 32.2 Å². The number of hydrogen-bond acceptors (Lipinski definition) is 4. The Morgan fingerprint density at radius 1 is 1.36 bits per heavy atom. The summed E-state index contributed by atoms with van der Waals surface area (Å²) in [5.74, 6) is -1.59. The van der Waals surface area contributed by atoms with E-state index in [9.17, 15) is 14.4 Å². The summed E-state index contributed by atoms with van der Waals surface area (Å²) in [6, 6.07) is 0. The molecule has 0 aromatic heterocycles. The highest BCUT2D eigenvalue weighted by Gasteiger charge is 2.50. The summed E-state index contributed by atoms with van der Waals surface area (Å²) in [5.41, 5.74) is -1.15. The SMILES string of the molecule is C=CCCN1C(=O)C(C)(N(CCC=C)C(=O)CCl)C=C1C(=O)OCC. The summed E-state index contributed by atoms with van der Waals surface area (Å²) in [4.78, 5) is 40.4. The van der Waals surface area contributed by atoms with Gasteiger partial charge < -0.3 is 14.5 Å². The van der Waals surface area contributed by atoms with Crippen LogP contribution in [0.4, 0.5) is 0 Å². The third-order valence-electron chi connectivity index (χ3n) is 3.96. The predicted molar refractivity (Wildman–Crippen MR) is 96.9 cm³/mol. The number of carbonyl (C=O) groups is 3. The van der Waals surface area contributed by atoms with Crippen LogP contribution in [-0.4, -0.2) is 58.7 Å². The molecule has 0 N–H and O–H groups in total. The maximum atomic E-state index is 13.0. The van der Waals surface area contributed by atoms with E-state index in [1.165, 1.54) is 15.9 Å². The summed E-state index contributed by atoms with van der Waals surface area (Å²) >= 11 is 5.71. The molecular formula is C18H25ClN2O4. The minimum Gasteiger partial charge on any atom is -0.461 e. The second-order valence-electron chi connectivity index (χ2n) is 5.69. The lowest BCUT2D eigenvalue weighted by Crippen LogP contribution is -2.55. The average Bonchev–Trinajstić information content (AvgIpc) is 2.85. The largest absolute Gasteiger partial charge is 0.461 e. The monoisotopic (exact) mass is 368 g/mol. The van der Waals surface area contributed by atoms with Crippen LogP contribution in [0.15, 0.2) is 37.1 Å². The predicted octanol–water partition coefficient (Wildman–Crippen LogP) is 2.25. The lowest BCUT2D eigenvalue weighted by Gasteiger charge is -2.36. The summed E-state index contributed by atoms with van der Waals surface area (Å²) < 4.78 is 5.05. The fourth-order valence-electron chi connectivity index (χ4n) is 2.71. The number of ether oxygens (including phenoxy) is 1. The lowest BCUT2D eigenvalue weighted by molar-refractivity contribution is -0.147. The molecule has 1 aliphatic heterocycles. The molecule has 138 valence electrons. The third-order valence-corrected chi connectivity index (χ3v) is 4.19. The molecule has 1 atom stereocenters. The lowest BCUT2D eigenvalue weighted by atomic mass is 9.99. The van der Waals surface area contributed by atoms with Gasteiger partial charge >= 0.3 is 5.97 Å². The topological polar surface area (TPSA) is 66.9 Å². The van der Waals surface area contributed by atoms with Crippen molar-refractivity contribution in [3.8, 4) is 0 Å². The molecule has 0 radical (unpaired) electrons. The van der Waals surface area contributed by atoms with Crippen LogP contribution in [0.5, 0.6) is 0 Å². The molecule has 0 spiro atoms. The van der Waals surface area contributed by atoms with Gasteiger partial charge in [0.15, 0.2) is 0 Å². The van der Waals surface area contributed by atoms with Gasteiger partial charge in [0.05, 0.1) is 6.61 Å². The van der Waals surface area contributed by atoms with Crippen molar-refractivity contribution in [1.82, 2.24) is 9.80 Å². The van der Waals surface area contributed by atoms with Crippen molar-refractivity contribution in [1.29, 1.82) is 0 Å². The van der Waals surface area contributed by atoms with E-state index in [0.717, 1.165) is 0 Å². The van der Waals surface area contributed by atoms with Crippen molar-refractivity contribution < 1.29 is 19.1 Å². The normalized spacial score (nSPS) is 19.4. The second-order valence-corrected chi connectivity index (χ2v) is 5.96. The molecule has 0 aromatic rings. The fourth-order valence-corrected chi connectivity index (χ4v) is 2.85. The Morgan fingerprint density at radius 2 is 2.00 bits per heavy atom. The van der Waals surface area contributed by atoms with Crippen LogP contribution >= 0.6 is 11.6 Å². The van der Waals surface area contributed by atoms with Crippen LogP contribution in [-0.2, 0) is 19.1 Å². The van der Waals surface area contributed by atoms with Crippen LogP contribution in [0.1, 0.15) is 26.7 Å². The first kappa shape index (κ1) is 21.0. The van der Waals surface area contributed by atoms with Gasteiger partial charge in [-0.2, -0.15) is 0 Å². The molecule has 0 saturated carbocycles. The number of carbonyl (C=O) groups excluding carboxylic acids is 3. The van der Waals surface area contributed by atoms with Gasteiger partial charge in [0.25, 0.3) is 5.91 Å². The van der Waals surface area contributed by atoms with Crippen LogP contribution in [0.25, 0.3) is 0 Å². The minimum absolute atomic E-state index is 0.141. The van der Waals surface area contributed by atoms with Gasteiger partial charge in [-0.05, 0) is 32.8 Å². The number of alkyl halides is 1. The van der Waals surface area contributed by atoms with Gasteiger partial charge in [0, 0.05) is 13.1 Å².